The molecule has 0 radical (unpaired) electrons. The number of thiazole rings is 2. The van der Waals surface area contributed by atoms with Crippen molar-refractivity contribution in [2.24, 2.45) is 0 Å². The molecule has 0 amide bonds. The van der Waals surface area contributed by atoms with Gasteiger partial charge >= 0.3 is 5.97 Å². The van der Waals surface area contributed by atoms with Gasteiger partial charge in [0.25, 0.3) is 0 Å². The molecule has 0 bridgehead atoms. The molecule has 7 heteroatoms. The van der Waals surface area contributed by atoms with E-state index in [9.17, 15) is 4.79 Å². The van der Waals surface area contributed by atoms with E-state index in [1.54, 1.807) is 18.3 Å². The molecular formula is C14H19N3O2S2. The van der Waals surface area contributed by atoms with Gasteiger partial charge in [0.2, 0.25) is 0 Å². The summed E-state index contributed by atoms with van der Waals surface area (Å²) in [5.74, 6) is -0.241. The van der Waals surface area contributed by atoms with Gasteiger partial charge in [-0.3, -0.25) is 4.79 Å². The fourth-order valence-electron chi connectivity index (χ4n) is 1.75. The Morgan fingerprint density at radius 1 is 1.48 bits per heavy atom. The van der Waals surface area contributed by atoms with Gasteiger partial charge in [0.1, 0.15) is 5.01 Å². The van der Waals surface area contributed by atoms with E-state index in [0.29, 0.717) is 6.61 Å². The van der Waals surface area contributed by atoms with Crippen LogP contribution >= 0.6 is 22.7 Å². The summed E-state index contributed by atoms with van der Waals surface area (Å²) in [5.41, 5.74) is 0.738. The zero-order chi connectivity index (χ0) is 15.2. The topological polar surface area (TPSA) is 64.1 Å². The van der Waals surface area contributed by atoms with E-state index >= 15 is 0 Å². The summed E-state index contributed by atoms with van der Waals surface area (Å²) in [5, 5.41) is 7.06. The van der Waals surface area contributed by atoms with Crippen LogP contribution < -0.4 is 5.32 Å². The first-order valence-electron chi connectivity index (χ1n) is 6.93. The highest BCUT2D eigenvalue weighted by Gasteiger charge is 2.13. The van der Waals surface area contributed by atoms with Crippen LogP contribution in [0.4, 0.5) is 5.13 Å². The predicted molar refractivity (Wildman–Crippen MR) is 86.0 cm³/mol. The molecule has 2 heterocycles. The quantitative estimate of drug-likeness (QED) is 0.790. The summed E-state index contributed by atoms with van der Waals surface area (Å²) in [6, 6.07) is 0.108. The van der Waals surface area contributed by atoms with Gasteiger partial charge in [-0.05, 0) is 20.3 Å². The number of hydrogen-bond donors (Lipinski definition) is 1. The van der Waals surface area contributed by atoms with Crippen molar-refractivity contribution in [2.45, 2.75) is 39.7 Å². The minimum atomic E-state index is -0.241. The van der Waals surface area contributed by atoms with Gasteiger partial charge < -0.3 is 10.1 Å². The lowest BCUT2D eigenvalue weighted by molar-refractivity contribution is -0.142. The Balaban J connectivity index is 1.93. The number of ether oxygens (including phenoxy) is 1. The standard InChI is InChI=1S/C14H19N3O2S2/c1-4-11-7-15-13(21-11)9(3)16-14-17-10(8-20-14)6-12(18)19-5-2/h7-9H,4-6H2,1-3H3,(H,16,17). The van der Waals surface area contributed by atoms with Gasteiger partial charge in [0.05, 0.1) is 24.8 Å². The van der Waals surface area contributed by atoms with Crippen molar-refractivity contribution in [2.75, 3.05) is 11.9 Å². The van der Waals surface area contributed by atoms with Crippen LogP contribution in [0.3, 0.4) is 0 Å². The van der Waals surface area contributed by atoms with Crippen molar-refractivity contribution in [3.63, 3.8) is 0 Å². The molecule has 0 saturated carbocycles. The third-order valence-electron chi connectivity index (χ3n) is 2.81. The smallest absolute Gasteiger partial charge is 0.311 e. The first kappa shape index (κ1) is 15.9. The molecule has 0 aromatic carbocycles. The average molecular weight is 325 g/mol. The van der Waals surface area contributed by atoms with E-state index in [4.69, 9.17) is 4.74 Å². The van der Waals surface area contributed by atoms with E-state index < -0.39 is 0 Å². The fraction of sp³-hybridized carbons (Fsp3) is 0.500. The van der Waals surface area contributed by atoms with Crippen molar-refractivity contribution < 1.29 is 9.53 Å². The van der Waals surface area contributed by atoms with E-state index in [2.05, 4.69) is 29.1 Å². The number of carbonyl (C=O) groups is 1. The molecular weight excluding hydrogens is 306 g/mol. The zero-order valence-corrected chi connectivity index (χ0v) is 14.0. The molecule has 0 aliphatic carbocycles. The second-order valence-corrected chi connectivity index (χ2v) is 6.52. The summed E-state index contributed by atoms with van der Waals surface area (Å²) in [6.45, 7) is 6.38. The van der Waals surface area contributed by atoms with Crippen molar-refractivity contribution in [1.29, 1.82) is 0 Å². The Labute approximate surface area is 132 Å². The number of anilines is 1. The number of rotatable bonds is 7. The molecule has 2 rings (SSSR count). The second kappa shape index (κ2) is 7.51. The molecule has 1 unspecified atom stereocenters. The molecule has 114 valence electrons. The zero-order valence-electron chi connectivity index (χ0n) is 12.4. The van der Waals surface area contributed by atoms with Crippen molar-refractivity contribution in [3.8, 4) is 0 Å². The fourth-order valence-corrected chi connectivity index (χ4v) is 3.41. The maximum atomic E-state index is 11.4. The van der Waals surface area contributed by atoms with E-state index in [1.807, 2.05) is 11.6 Å². The van der Waals surface area contributed by atoms with Gasteiger partial charge in [-0.25, -0.2) is 9.97 Å². The molecule has 21 heavy (non-hydrogen) atoms. The summed E-state index contributed by atoms with van der Waals surface area (Å²) in [7, 11) is 0. The lowest BCUT2D eigenvalue weighted by Gasteiger charge is -2.09. The lowest BCUT2D eigenvalue weighted by Crippen LogP contribution is -2.08. The van der Waals surface area contributed by atoms with Gasteiger partial charge in [-0.15, -0.1) is 22.7 Å². The molecule has 0 fully saturated rings. The SMILES string of the molecule is CCOC(=O)Cc1csc(NC(C)c2ncc(CC)s2)n1. The third-order valence-corrected chi connectivity index (χ3v) is 4.96. The molecule has 1 atom stereocenters. The summed E-state index contributed by atoms with van der Waals surface area (Å²) in [6.07, 6.45) is 3.15. The molecule has 2 aromatic heterocycles. The summed E-state index contributed by atoms with van der Waals surface area (Å²) >= 11 is 3.21. The van der Waals surface area contributed by atoms with Crippen LogP contribution in [0.1, 0.15) is 42.4 Å². The minimum absolute atomic E-state index is 0.108. The first-order chi connectivity index (χ1) is 10.1. The second-order valence-electron chi connectivity index (χ2n) is 4.51. The molecule has 0 saturated heterocycles. The van der Waals surface area contributed by atoms with Crippen LogP contribution in [-0.2, 0) is 22.4 Å². The van der Waals surface area contributed by atoms with Crippen LogP contribution in [0.5, 0.6) is 0 Å². The number of nitrogens with one attached hydrogen (secondary N) is 1. The number of nitrogens with zero attached hydrogens (tertiary/aromatic N) is 2. The normalized spacial score (nSPS) is 12.1. The van der Waals surface area contributed by atoms with Crippen LogP contribution in [0.25, 0.3) is 0 Å². The molecule has 1 N–H and O–H groups in total. The average Bonchev–Trinajstić information content (AvgIpc) is 3.08. The maximum Gasteiger partial charge on any atom is 0.311 e. The third kappa shape index (κ3) is 4.50. The number of hydrogen-bond acceptors (Lipinski definition) is 7. The molecule has 2 aromatic rings. The van der Waals surface area contributed by atoms with Gasteiger partial charge in [-0.1, -0.05) is 6.92 Å². The van der Waals surface area contributed by atoms with Crippen LogP contribution in [-0.4, -0.2) is 22.5 Å². The number of carbonyl (C=O) groups excluding carboxylic acids is 1. The molecule has 5 nitrogen and oxygen atoms in total. The van der Waals surface area contributed by atoms with Crippen LogP contribution in [0.2, 0.25) is 0 Å². The Hall–Kier alpha value is -1.47. The van der Waals surface area contributed by atoms with Crippen molar-refractivity contribution in [3.05, 3.63) is 27.2 Å². The van der Waals surface area contributed by atoms with Crippen molar-refractivity contribution in [1.82, 2.24) is 9.97 Å². The predicted octanol–water partition coefficient (Wildman–Crippen LogP) is 3.44. The van der Waals surface area contributed by atoms with E-state index in [0.717, 1.165) is 22.3 Å². The van der Waals surface area contributed by atoms with Crippen LogP contribution in [0.15, 0.2) is 11.6 Å². The Morgan fingerprint density at radius 2 is 2.29 bits per heavy atom. The van der Waals surface area contributed by atoms with E-state index in [1.165, 1.54) is 16.2 Å². The maximum absolute atomic E-state index is 11.4. The highest BCUT2D eigenvalue weighted by Crippen LogP contribution is 2.25. The Kier molecular flexibility index (Phi) is 5.69. The number of aromatic nitrogens is 2. The molecule has 0 aliphatic heterocycles. The molecule has 0 spiro atoms. The Bertz CT molecular complexity index is 595. The van der Waals surface area contributed by atoms with Crippen LogP contribution in [0, 0.1) is 0 Å². The lowest BCUT2D eigenvalue weighted by atomic mass is 10.3. The van der Waals surface area contributed by atoms with Gasteiger partial charge in [0.15, 0.2) is 5.13 Å². The number of aryl methyl sites for hydroxylation is 1. The van der Waals surface area contributed by atoms with Gasteiger partial charge in [-0.2, -0.15) is 0 Å². The first-order valence-corrected chi connectivity index (χ1v) is 8.63. The van der Waals surface area contributed by atoms with E-state index in [-0.39, 0.29) is 18.4 Å². The van der Waals surface area contributed by atoms with Gasteiger partial charge in [0, 0.05) is 16.5 Å². The van der Waals surface area contributed by atoms with Crippen molar-refractivity contribution >= 4 is 33.8 Å². The highest BCUT2D eigenvalue weighted by molar-refractivity contribution is 7.14. The number of esters is 1. The highest BCUT2D eigenvalue weighted by atomic mass is 32.1. The summed E-state index contributed by atoms with van der Waals surface area (Å²) < 4.78 is 4.92. The Morgan fingerprint density at radius 3 is 2.95 bits per heavy atom. The molecule has 0 aliphatic rings. The summed E-state index contributed by atoms with van der Waals surface area (Å²) in [4.78, 5) is 21.5. The monoisotopic (exact) mass is 325 g/mol. The largest absolute Gasteiger partial charge is 0.466 e. The minimum Gasteiger partial charge on any atom is -0.466 e.